The van der Waals surface area contributed by atoms with Gasteiger partial charge in [0.1, 0.15) is 0 Å². The number of piperidine rings is 1. The first kappa shape index (κ1) is 27.9. The number of esters is 1. The second-order valence-corrected chi connectivity index (χ2v) is 16.2. The van der Waals surface area contributed by atoms with E-state index in [1.165, 1.54) is 7.11 Å². The van der Waals surface area contributed by atoms with Crippen LogP contribution in [0.3, 0.4) is 0 Å². The van der Waals surface area contributed by atoms with E-state index in [1.54, 1.807) is 6.07 Å². The molecule has 2 aromatic carbocycles. The molecule has 1 aliphatic rings. The number of anilines is 2. The third kappa shape index (κ3) is 6.01. The van der Waals surface area contributed by atoms with Gasteiger partial charge in [0.15, 0.2) is 8.32 Å². The Labute approximate surface area is 217 Å². The van der Waals surface area contributed by atoms with E-state index in [0.717, 1.165) is 42.7 Å². The Balaban J connectivity index is 1.83. The zero-order valence-corrected chi connectivity index (χ0v) is 24.4. The minimum absolute atomic E-state index is 0.172. The highest BCUT2D eigenvalue weighted by Gasteiger charge is 2.40. The Morgan fingerprint density at radius 2 is 1.69 bits per heavy atom. The van der Waals surface area contributed by atoms with Crippen LogP contribution in [-0.4, -0.2) is 46.5 Å². The maximum Gasteiger partial charge on any atom is 0.338 e. The highest BCUT2D eigenvalue weighted by atomic mass is 28.4. The number of nitrogens with zero attached hydrogens (tertiary/aromatic N) is 1. The number of hydrogen-bond acceptors (Lipinski definition) is 5. The Bertz CT molecular complexity index is 1140. The van der Waals surface area contributed by atoms with Crippen molar-refractivity contribution in [3.63, 3.8) is 0 Å². The Morgan fingerprint density at radius 3 is 2.33 bits per heavy atom. The molecule has 3 rings (SSSR count). The fourth-order valence-corrected chi connectivity index (χ4v) is 5.84. The monoisotopic (exact) mass is 510 g/mol. The van der Waals surface area contributed by atoms with E-state index < -0.39 is 14.3 Å². The molecule has 196 valence electrons. The molecule has 0 radical (unpaired) electrons. The number of carbonyl (C=O) groups is 2. The number of amides is 1. The van der Waals surface area contributed by atoms with Gasteiger partial charge in [0, 0.05) is 30.0 Å². The summed E-state index contributed by atoms with van der Waals surface area (Å²) in [6, 6.07) is 9.64. The number of hydrogen-bond donors (Lipinski definition) is 1. The fraction of sp³-hybridized carbons (Fsp3) is 0.517. The maximum absolute atomic E-state index is 13.4. The molecule has 0 aromatic heterocycles. The molecule has 6 nitrogen and oxygen atoms in total. The first-order valence-electron chi connectivity index (χ1n) is 12.8. The van der Waals surface area contributed by atoms with Crippen molar-refractivity contribution in [2.45, 2.75) is 78.6 Å². The van der Waals surface area contributed by atoms with Crippen LogP contribution in [0, 0.1) is 20.8 Å². The molecule has 1 saturated heterocycles. The van der Waals surface area contributed by atoms with Crippen LogP contribution in [0.15, 0.2) is 30.3 Å². The molecule has 7 heteroatoms. The molecule has 0 saturated carbocycles. The lowest BCUT2D eigenvalue weighted by atomic mass is 10.0. The van der Waals surface area contributed by atoms with Crippen LogP contribution in [-0.2, 0) is 9.16 Å². The van der Waals surface area contributed by atoms with Crippen molar-refractivity contribution in [3.05, 3.63) is 58.1 Å². The van der Waals surface area contributed by atoms with Gasteiger partial charge in [-0.05, 0) is 86.6 Å². The molecule has 1 unspecified atom stereocenters. The maximum atomic E-state index is 13.4. The molecule has 2 aromatic rings. The largest absolute Gasteiger partial charge is 0.465 e. The number of carbonyl (C=O) groups excluding carboxylic acids is 2. The van der Waals surface area contributed by atoms with Gasteiger partial charge in [0.25, 0.3) is 5.91 Å². The molecule has 0 spiro atoms. The van der Waals surface area contributed by atoms with E-state index in [0.29, 0.717) is 22.4 Å². The van der Waals surface area contributed by atoms with Crippen molar-refractivity contribution in [1.29, 1.82) is 0 Å². The van der Waals surface area contributed by atoms with Gasteiger partial charge < -0.3 is 19.4 Å². The fourth-order valence-electron chi connectivity index (χ4n) is 4.47. The summed E-state index contributed by atoms with van der Waals surface area (Å²) in [6.07, 6.45) is 2.33. The van der Waals surface area contributed by atoms with Crippen molar-refractivity contribution in [1.82, 2.24) is 0 Å². The second kappa shape index (κ2) is 10.8. The van der Waals surface area contributed by atoms with Crippen molar-refractivity contribution in [3.8, 4) is 0 Å². The summed E-state index contributed by atoms with van der Waals surface area (Å²) in [4.78, 5) is 27.9. The molecule has 1 fully saturated rings. The topological polar surface area (TPSA) is 67.9 Å². The van der Waals surface area contributed by atoms with Crippen LogP contribution in [0.2, 0.25) is 18.1 Å². The molecule has 36 heavy (non-hydrogen) atoms. The predicted molar refractivity (Wildman–Crippen MR) is 150 cm³/mol. The Hall–Kier alpha value is -2.64. The van der Waals surface area contributed by atoms with Gasteiger partial charge in [-0.1, -0.05) is 32.9 Å². The van der Waals surface area contributed by atoms with Crippen molar-refractivity contribution in [2.75, 3.05) is 30.4 Å². The molecule has 0 aliphatic carbocycles. The van der Waals surface area contributed by atoms with Crippen molar-refractivity contribution in [2.24, 2.45) is 0 Å². The Kier molecular flexibility index (Phi) is 8.36. The summed E-state index contributed by atoms with van der Waals surface area (Å²) in [6.45, 7) is 18.9. The molecular formula is C29H42N2O4Si. The van der Waals surface area contributed by atoms with E-state index in [2.05, 4.69) is 50.1 Å². The lowest BCUT2D eigenvalue weighted by Crippen LogP contribution is -2.49. The molecule has 1 heterocycles. The smallest absolute Gasteiger partial charge is 0.338 e. The van der Waals surface area contributed by atoms with Crippen LogP contribution in [0.25, 0.3) is 0 Å². The summed E-state index contributed by atoms with van der Waals surface area (Å²) in [5.41, 5.74) is 5.25. The standard InChI is InChI=1S/C29H42N2O4Si/c1-19-12-14-22(31-16-10-11-23(18-31)35-36(8,9)29(4,5)6)17-25(19)27(32)30-26-20(2)13-15-24(21(26)3)28(33)34-7/h12-15,17,23H,10-11,16,18H2,1-9H3,(H,30,32). The number of benzene rings is 2. The summed E-state index contributed by atoms with van der Waals surface area (Å²) in [7, 11) is -0.496. The molecule has 0 bridgehead atoms. The van der Waals surface area contributed by atoms with E-state index in [4.69, 9.17) is 9.16 Å². The predicted octanol–water partition coefficient (Wildman–Crippen LogP) is 6.64. The average Bonchev–Trinajstić information content (AvgIpc) is 2.80. The van der Waals surface area contributed by atoms with Gasteiger partial charge in [0.05, 0.1) is 18.8 Å². The Morgan fingerprint density at radius 1 is 1.03 bits per heavy atom. The number of aryl methyl sites for hydroxylation is 2. The van der Waals surface area contributed by atoms with Crippen molar-refractivity contribution >= 4 is 31.6 Å². The van der Waals surface area contributed by atoms with Gasteiger partial charge in [-0.15, -0.1) is 0 Å². The lowest BCUT2D eigenvalue weighted by molar-refractivity contribution is 0.0599. The van der Waals surface area contributed by atoms with Crippen LogP contribution in [0.5, 0.6) is 0 Å². The van der Waals surface area contributed by atoms with Crippen LogP contribution < -0.4 is 10.2 Å². The zero-order valence-electron chi connectivity index (χ0n) is 23.4. The SMILES string of the molecule is COC(=O)c1ccc(C)c(NC(=O)c2cc(N3CCCC(O[Si](C)(C)C(C)(C)C)C3)ccc2C)c1C. The summed E-state index contributed by atoms with van der Waals surface area (Å²) in [5, 5.41) is 3.23. The van der Waals surface area contributed by atoms with Crippen LogP contribution >= 0.6 is 0 Å². The van der Waals surface area contributed by atoms with Gasteiger partial charge >= 0.3 is 5.97 Å². The van der Waals surface area contributed by atoms with E-state index in [9.17, 15) is 9.59 Å². The number of methoxy groups -OCH3 is 1. The van der Waals surface area contributed by atoms with E-state index in [-0.39, 0.29) is 17.0 Å². The summed E-state index contributed by atoms with van der Waals surface area (Å²) < 4.78 is 11.6. The second-order valence-electron chi connectivity index (χ2n) is 11.5. The molecule has 1 aliphatic heterocycles. The third-order valence-corrected chi connectivity index (χ3v) is 12.3. The molecule has 1 atom stereocenters. The highest BCUT2D eigenvalue weighted by Crippen LogP contribution is 2.38. The number of nitrogens with one attached hydrogen (secondary N) is 1. The van der Waals surface area contributed by atoms with Crippen LogP contribution in [0.1, 0.15) is 71.0 Å². The molecular weight excluding hydrogens is 468 g/mol. The molecule has 1 amide bonds. The first-order chi connectivity index (χ1) is 16.7. The minimum atomic E-state index is -1.85. The van der Waals surface area contributed by atoms with E-state index in [1.807, 2.05) is 39.0 Å². The summed E-state index contributed by atoms with van der Waals surface area (Å²) in [5.74, 6) is -0.602. The normalized spacial score (nSPS) is 16.6. The van der Waals surface area contributed by atoms with Crippen molar-refractivity contribution < 1.29 is 18.8 Å². The van der Waals surface area contributed by atoms with Gasteiger partial charge in [0.2, 0.25) is 0 Å². The number of rotatable bonds is 6. The third-order valence-electron chi connectivity index (χ3n) is 7.79. The quantitative estimate of drug-likeness (QED) is 0.348. The first-order valence-corrected chi connectivity index (χ1v) is 15.7. The minimum Gasteiger partial charge on any atom is -0.465 e. The van der Waals surface area contributed by atoms with E-state index >= 15 is 0 Å². The summed E-state index contributed by atoms with van der Waals surface area (Å²) >= 11 is 0. The molecule has 1 N–H and O–H groups in total. The van der Waals surface area contributed by atoms with Gasteiger partial charge in [-0.2, -0.15) is 0 Å². The average molecular weight is 511 g/mol. The number of ether oxygens (including phenoxy) is 1. The van der Waals surface area contributed by atoms with Gasteiger partial charge in [-0.3, -0.25) is 4.79 Å². The lowest BCUT2D eigenvalue weighted by Gasteiger charge is -2.43. The zero-order chi connectivity index (χ0) is 26.8. The highest BCUT2D eigenvalue weighted by molar-refractivity contribution is 6.74. The van der Waals surface area contributed by atoms with Gasteiger partial charge in [-0.25, -0.2) is 4.79 Å². The van der Waals surface area contributed by atoms with Crippen LogP contribution in [0.4, 0.5) is 11.4 Å².